The first-order chi connectivity index (χ1) is 11.3. The molecule has 2 aromatic heterocycles. The zero-order chi connectivity index (χ0) is 17.3. The average molecular weight is 356 g/mol. The zero-order valence-electron chi connectivity index (χ0n) is 12.9. The molecule has 1 amide bonds. The Labute approximate surface area is 140 Å². The van der Waals surface area contributed by atoms with E-state index >= 15 is 0 Å². The minimum absolute atomic E-state index is 0.143. The Kier molecular flexibility index (Phi) is 4.44. The molecule has 3 rings (SSSR count). The Morgan fingerprint density at radius 1 is 1.21 bits per heavy atom. The molecule has 0 bridgehead atoms. The number of hydrogen-bond donors (Lipinski definition) is 0. The minimum atomic E-state index is -4.39. The van der Waals surface area contributed by atoms with E-state index < -0.39 is 11.7 Å². The molecular formula is C15H15F3N4OS. The summed E-state index contributed by atoms with van der Waals surface area (Å²) in [5, 5.41) is 0. The molecule has 1 fully saturated rings. The third-order valence-electron chi connectivity index (χ3n) is 3.81. The van der Waals surface area contributed by atoms with Gasteiger partial charge in [0, 0.05) is 37.3 Å². The van der Waals surface area contributed by atoms with Gasteiger partial charge in [-0.15, -0.1) is 0 Å². The van der Waals surface area contributed by atoms with Crippen LogP contribution in [0.2, 0.25) is 0 Å². The van der Waals surface area contributed by atoms with Gasteiger partial charge in [-0.05, 0) is 36.7 Å². The fourth-order valence-electron chi connectivity index (χ4n) is 2.54. The van der Waals surface area contributed by atoms with Gasteiger partial charge in [0.2, 0.25) is 0 Å². The summed E-state index contributed by atoms with van der Waals surface area (Å²) in [5.74, 6) is 0.137. The van der Waals surface area contributed by atoms with Crippen molar-refractivity contribution < 1.29 is 18.0 Å². The molecule has 1 aliphatic heterocycles. The summed E-state index contributed by atoms with van der Waals surface area (Å²) in [4.78, 5) is 20.7. The number of carbonyl (C=O) groups is 1. The summed E-state index contributed by atoms with van der Waals surface area (Å²) in [6.07, 6.45) is -3.23. The van der Waals surface area contributed by atoms with Crippen molar-refractivity contribution >= 4 is 23.3 Å². The number of pyridine rings is 1. The molecule has 5 nitrogen and oxygen atoms in total. The van der Waals surface area contributed by atoms with Crippen LogP contribution in [0.5, 0.6) is 0 Å². The Balaban J connectivity index is 1.66. The van der Waals surface area contributed by atoms with Crippen LogP contribution >= 0.6 is 11.5 Å². The number of piperazine rings is 1. The quantitative estimate of drug-likeness (QED) is 0.830. The van der Waals surface area contributed by atoms with Crippen LogP contribution in [-0.4, -0.2) is 46.3 Å². The van der Waals surface area contributed by atoms with E-state index in [1.54, 1.807) is 15.9 Å². The van der Waals surface area contributed by atoms with Crippen molar-refractivity contribution in [1.82, 2.24) is 14.3 Å². The van der Waals surface area contributed by atoms with Crippen LogP contribution < -0.4 is 4.90 Å². The predicted molar refractivity (Wildman–Crippen MR) is 84.2 cm³/mol. The maximum absolute atomic E-state index is 12.8. The van der Waals surface area contributed by atoms with E-state index in [2.05, 4.69) is 9.36 Å². The van der Waals surface area contributed by atoms with E-state index in [-0.39, 0.29) is 11.7 Å². The molecule has 1 saturated heterocycles. The molecule has 0 saturated carbocycles. The van der Waals surface area contributed by atoms with Crippen molar-refractivity contribution in [2.75, 3.05) is 31.1 Å². The lowest BCUT2D eigenvalue weighted by atomic mass is 10.2. The number of nitrogens with zero attached hydrogens (tertiary/aromatic N) is 4. The third kappa shape index (κ3) is 3.50. The predicted octanol–water partition coefficient (Wildman–Crippen LogP) is 2.83. The van der Waals surface area contributed by atoms with Crippen molar-refractivity contribution in [1.29, 1.82) is 0 Å². The van der Waals surface area contributed by atoms with Gasteiger partial charge in [0.25, 0.3) is 5.91 Å². The SMILES string of the molecule is Cc1cc(C(=O)N2CCN(c3cc(C(F)(F)F)ccn3)CC2)ns1. The Morgan fingerprint density at radius 3 is 2.50 bits per heavy atom. The number of hydrogen-bond acceptors (Lipinski definition) is 5. The average Bonchev–Trinajstić information content (AvgIpc) is 3.00. The van der Waals surface area contributed by atoms with Gasteiger partial charge in [-0.25, -0.2) is 4.98 Å². The van der Waals surface area contributed by atoms with Gasteiger partial charge in [-0.1, -0.05) is 0 Å². The van der Waals surface area contributed by atoms with E-state index in [1.165, 1.54) is 11.5 Å². The molecule has 0 atom stereocenters. The Hall–Kier alpha value is -2.16. The molecule has 9 heteroatoms. The monoisotopic (exact) mass is 356 g/mol. The highest BCUT2D eigenvalue weighted by atomic mass is 32.1. The van der Waals surface area contributed by atoms with Crippen LogP contribution in [0.4, 0.5) is 19.0 Å². The van der Waals surface area contributed by atoms with Crippen LogP contribution in [0.25, 0.3) is 0 Å². The first-order valence-electron chi connectivity index (χ1n) is 7.35. The lowest BCUT2D eigenvalue weighted by molar-refractivity contribution is -0.137. The minimum Gasteiger partial charge on any atom is -0.353 e. The Bertz CT molecular complexity index is 738. The highest BCUT2D eigenvalue weighted by Gasteiger charge is 2.32. The topological polar surface area (TPSA) is 49.3 Å². The number of carbonyl (C=O) groups excluding carboxylic acids is 1. The number of alkyl halides is 3. The second kappa shape index (κ2) is 6.39. The zero-order valence-corrected chi connectivity index (χ0v) is 13.7. The van der Waals surface area contributed by atoms with Crippen molar-refractivity contribution in [3.8, 4) is 0 Å². The van der Waals surface area contributed by atoms with Gasteiger partial charge in [0.15, 0.2) is 0 Å². The van der Waals surface area contributed by atoms with Gasteiger partial charge >= 0.3 is 6.18 Å². The second-order valence-electron chi connectivity index (χ2n) is 5.50. The first kappa shape index (κ1) is 16.7. The van der Waals surface area contributed by atoms with Crippen LogP contribution in [0, 0.1) is 6.92 Å². The molecule has 0 unspecified atom stereocenters. The number of amides is 1. The first-order valence-corrected chi connectivity index (χ1v) is 8.13. The van der Waals surface area contributed by atoms with Crippen LogP contribution in [0.3, 0.4) is 0 Å². The number of aryl methyl sites for hydroxylation is 1. The highest BCUT2D eigenvalue weighted by Crippen LogP contribution is 2.30. The molecule has 2 aromatic rings. The summed E-state index contributed by atoms with van der Waals surface area (Å²) in [5.41, 5.74) is -0.299. The molecule has 0 N–H and O–H groups in total. The van der Waals surface area contributed by atoms with Crippen molar-refractivity contribution in [3.63, 3.8) is 0 Å². The van der Waals surface area contributed by atoms with Crippen LogP contribution in [0.1, 0.15) is 20.9 Å². The molecule has 0 radical (unpaired) electrons. The van der Waals surface area contributed by atoms with Gasteiger partial charge in [-0.2, -0.15) is 17.5 Å². The van der Waals surface area contributed by atoms with Crippen molar-refractivity contribution in [2.45, 2.75) is 13.1 Å². The molecule has 0 aromatic carbocycles. The van der Waals surface area contributed by atoms with Gasteiger partial charge in [0.05, 0.1) is 5.56 Å². The summed E-state index contributed by atoms with van der Waals surface area (Å²) < 4.78 is 42.5. The number of halogens is 3. The van der Waals surface area contributed by atoms with E-state index in [4.69, 9.17) is 0 Å². The van der Waals surface area contributed by atoms with Gasteiger partial charge in [-0.3, -0.25) is 4.79 Å². The highest BCUT2D eigenvalue weighted by molar-refractivity contribution is 7.05. The molecule has 0 spiro atoms. The number of rotatable bonds is 2. The lowest BCUT2D eigenvalue weighted by Crippen LogP contribution is -2.49. The van der Waals surface area contributed by atoms with E-state index in [0.29, 0.717) is 31.9 Å². The summed E-state index contributed by atoms with van der Waals surface area (Å²) in [6, 6.07) is 3.74. The van der Waals surface area contributed by atoms with E-state index in [0.717, 1.165) is 23.2 Å². The number of aromatic nitrogens is 2. The molecule has 0 aliphatic carbocycles. The lowest BCUT2D eigenvalue weighted by Gasteiger charge is -2.35. The standard InChI is InChI=1S/C15H15F3N4OS/c1-10-8-12(20-24-10)14(23)22-6-4-21(5-7-22)13-9-11(2-3-19-13)15(16,17)18/h2-3,8-9H,4-7H2,1H3. The summed E-state index contributed by atoms with van der Waals surface area (Å²) >= 11 is 1.27. The fourth-order valence-corrected chi connectivity index (χ4v) is 3.07. The third-order valence-corrected chi connectivity index (χ3v) is 4.50. The van der Waals surface area contributed by atoms with Gasteiger partial charge in [0.1, 0.15) is 11.5 Å². The van der Waals surface area contributed by atoms with Crippen molar-refractivity contribution in [2.24, 2.45) is 0 Å². The molecule has 3 heterocycles. The number of anilines is 1. The smallest absolute Gasteiger partial charge is 0.353 e. The maximum Gasteiger partial charge on any atom is 0.416 e. The molecule has 24 heavy (non-hydrogen) atoms. The maximum atomic E-state index is 12.8. The normalized spacial score (nSPS) is 15.7. The van der Waals surface area contributed by atoms with Gasteiger partial charge < -0.3 is 9.80 Å². The second-order valence-corrected chi connectivity index (χ2v) is 6.51. The van der Waals surface area contributed by atoms with Crippen LogP contribution in [0.15, 0.2) is 24.4 Å². The Morgan fingerprint density at radius 2 is 1.92 bits per heavy atom. The molecular weight excluding hydrogens is 341 g/mol. The summed E-state index contributed by atoms with van der Waals surface area (Å²) in [7, 11) is 0. The van der Waals surface area contributed by atoms with E-state index in [9.17, 15) is 18.0 Å². The molecule has 1 aliphatic rings. The van der Waals surface area contributed by atoms with E-state index in [1.807, 2.05) is 6.92 Å². The van der Waals surface area contributed by atoms with Crippen LogP contribution in [-0.2, 0) is 6.18 Å². The fraction of sp³-hybridized carbons (Fsp3) is 0.400. The largest absolute Gasteiger partial charge is 0.416 e. The molecule has 128 valence electrons. The summed E-state index contributed by atoms with van der Waals surface area (Å²) in [6.45, 7) is 3.60. The van der Waals surface area contributed by atoms with Crippen molar-refractivity contribution in [3.05, 3.63) is 40.5 Å².